The van der Waals surface area contributed by atoms with Gasteiger partial charge in [-0.2, -0.15) is 0 Å². The van der Waals surface area contributed by atoms with E-state index in [4.69, 9.17) is 4.52 Å². The first-order valence-corrected chi connectivity index (χ1v) is 10.8. The SMILES string of the molecule is Cc1cc(C(=O)N2CCCN(S(=O)(=O)CCCc3ccccc3)CC2)no1. The van der Waals surface area contributed by atoms with E-state index in [0.29, 0.717) is 44.8 Å². The lowest BCUT2D eigenvalue weighted by atomic mass is 10.1. The summed E-state index contributed by atoms with van der Waals surface area (Å²) in [5.74, 6) is 0.490. The number of sulfonamides is 1. The van der Waals surface area contributed by atoms with Crippen LogP contribution in [0.2, 0.25) is 0 Å². The maximum absolute atomic E-state index is 12.7. The molecule has 1 aliphatic rings. The minimum absolute atomic E-state index is 0.123. The Morgan fingerprint density at radius 1 is 1.15 bits per heavy atom. The zero-order valence-electron chi connectivity index (χ0n) is 15.5. The molecule has 0 bridgehead atoms. The average Bonchev–Trinajstić information content (AvgIpc) is 2.93. The molecule has 2 aromatic rings. The first-order chi connectivity index (χ1) is 13.0. The number of amides is 1. The molecule has 27 heavy (non-hydrogen) atoms. The average molecular weight is 391 g/mol. The first-order valence-electron chi connectivity index (χ1n) is 9.20. The van der Waals surface area contributed by atoms with Crippen LogP contribution in [0.15, 0.2) is 40.9 Å². The highest BCUT2D eigenvalue weighted by Crippen LogP contribution is 2.14. The van der Waals surface area contributed by atoms with Crippen molar-refractivity contribution in [2.75, 3.05) is 31.9 Å². The third-order valence-electron chi connectivity index (χ3n) is 4.69. The van der Waals surface area contributed by atoms with Gasteiger partial charge in [-0.05, 0) is 31.7 Å². The molecular weight excluding hydrogens is 366 g/mol. The van der Waals surface area contributed by atoms with Gasteiger partial charge in [0.1, 0.15) is 5.76 Å². The Morgan fingerprint density at radius 3 is 2.63 bits per heavy atom. The van der Waals surface area contributed by atoms with Crippen LogP contribution in [-0.4, -0.2) is 60.6 Å². The number of aromatic nitrogens is 1. The third-order valence-corrected chi connectivity index (χ3v) is 6.65. The topological polar surface area (TPSA) is 83.7 Å². The van der Waals surface area contributed by atoms with Crippen molar-refractivity contribution in [1.82, 2.24) is 14.4 Å². The molecule has 1 amide bonds. The van der Waals surface area contributed by atoms with Crippen molar-refractivity contribution < 1.29 is 17.7 Å². The molecule has 1 saturated heterocycles. The summed E-state index contributed by atoms with van der Waals surface area (Å²) in [5, 5.41) is 3.76. The van der Waals surface area contributed by atoms with E-state index in [2.05, 4.69) is 5.16 Å². The van der Waals surface area contributed by atoms with Gasteiger partial charge in [-0.3, -0.25) is 4.79 Å². The van der Waals surface area contributed by atoms with Gasteiger partial charge in [-0.15, -0.1) is 0 Å². The number of carbonyl (C=O) groups excluding carboxylic acids is 1. The van der Waals surface area contributed by atoms with Crippen LogP contribution in [0.25, 0.3) is 0 Å². The van der Waals surface area contributed by atoms with Crippen LogP contribution < -0.4 is 0 Å². The maximum Gasteiger partial charge on any atom is 0.276 e. The lowest BCUT2D eigenvalue weighted by Crippen LogP contribution is -2.38. The van der Waals surface area contributed by atoms with Crippen LogP contribution in [0, 0.1) is 6.92 Å². The summed E-state index contributed by atoms with van der Waals surface area (Å²) in [6.45, 7) is 3.37. The van der Waals surface area contributed by atoms with Gasteiger partial charge in [0.2, 0.25) is 10.0 Å². The fourth-order valence-electron chi connectivity index (χ4n) is 3.24. The van der Waals surface area contributed by atoms with Crippen molar-refractivity contribution in [2.24, 2.45) is 0 Å². The van der Waals surface area contributed by atoms with E-state index in [1.807, 2.05) is 30.3 Å². The molecule has 8 heteroatoms. The van der Waals surface area contributed by atoms with Crippen molar-refractivity contribution in [3.8, 4) is 0 Å². The molecule has 1 aliphatic heterocycles. The van der Waals surface area contributed by atoms with Crippen LogP contribution in [0.5, 0.6) is 0 Å². The molecule has 3 rings (SSSR count). The quantitative estimate of drug-likeness (QED) is 0.753. The number of hydrogen-bond donors (Lipinski definition) is 0. The molecule has 146 valence electrons. The smallest absolute Gasteiger partial charge is 0.276 e. The van der Waals surface area contributed by atoms with E-state index in [-0.39, 0.29) is 17.4 Å². The molecule has 1 aromatic carbocycles. The van der Waals surface area contributed by atoms with Crippen LogP contribution in [0.1, 0.15) is 34.7 Å². The Kier molecular flexibility index (Phi) is 6.28. The fraction of sp³-hybridized carbons (Fsp3) is 0.474. The van der Waals surface area contributed by atoms with Gasteiger partial charge in [0.05, 0.1) is 5.75 Å². The lowest BCUT2D eigenvalue weighted by molar-refractivity contribution is 0.0754. The summed E-state index contributed by atoms with van der Waals surface area (Å²) >= 11 is 0. The summed E-state index contributed by atoms with van der Waals surface area (Å²) in [7, 11) is -3.33. The molecule has 0 radical (unpaired) electrons. The molecule has 0 saturated carbocycles. The lowest BCUT2D eigenvalue weighted by Gasteiger charge is -2.21. The molecule has 1 aromatic heterocycles. The minimum atomic E-state index is -3.33. The van der Waals surface area contributed by atoms with Gasteiger partial charge < -0.3 is 9.42 Å². The predicted molar refractivity (Wildman–Crippen MR) is 102 cm³/mol. The number of hydrogen-bond acceptors (Lipinski definition) is 5. The summed E-state index contributed by atoms with van der Waals surface area (Å²) < 4.78 is 31.8. The van der Waals surface area contributed by atoms with Crippen LogP contribution in [0.3, 0.4) is 0 Å². The number of carbonyl (C=O) groups is 1. The Balaban J connectivity index is 1.54. The molecule has 0 spiro atoms. The monoisotopic (exact) mass is 391 g/mol. The summed E-state index contributed by atoms with van der Waals surface area (Å²) in [6.07, 6.45) is 1.94. The highest BCUT2D eigenvalue weighted by molar-refractivity contribution is 7.89. The molecule has 2 heterocycles. The third kappa shape index (κ3) is 5.17. The number of nitrogens with zero attached hydrogens (tertiary/aromatic N) is 3. The van der Waals surface area contributed by atoms with E-state index in [1.165, 1.54) is 4.31 Å². The van der Waals surface area contributed by atoms with Crippen molar-refractivity contribution >= 4 is 15.9 Å². The van der Waals surface area contributed by atoms with Crippen molar-refractivity contribution in [3.63, 3.8) is 0 Å². The second-order valence-corrected chi connectivity index (χ2v) is 8.86. The van der Waals surface area contributed by atoms with E-state index < -0.39 is 10.0 Å². The highest BCUT2D eigenvalue weighted by atomic mass is 32.2. The van der Waals surface area contributed by atoms with Gasteiger partial charge in [0.15, 0.2) is 5.69 Å². The van der Waals surface area contributed by atoms with Crippen LogP contribution in [-0.2, 0) is 16.4 Å². The van der Waals surface area contributed by atoms with Gasteiger partial charge in [0.25, 0.3) is 5.91 Å². The summed E-state index contributed by atoms with van der Waals surface area (Å²) in [5.41, 5.74) is 1.41. The summed E-state index contributed by atoms with van der Waals surface area (Å²) in [6, 6.07) is 11.5. The van der Waals surface area contributed by atoms with Crippen LogP contribution >= 0.6 is 0 Å². The molecule has 0 unspecified atom stereocenters. The number of benzene rings is 1. The Hall–Kier alpha value is -2.19. The standard InChI is InChI=1S/C19H25N3O4S/c1-16-15-18(20-26-16)19(23)21-10-6-11-22(13-12-21)27(24,25)14-5-9-17-7-3-2-4-8-17/h2-4,7-8,15H,5-6,9-14H2,1H3. The highest BCUT2D eigenvalue weighted by Gasteiger charge is 2.27. The van der Waals surface area contributed by atoms with Gasteiger partial charge >= 0.3 is 0 Å². The normalized spacial score (nSPS) is 16.3. The maximum atomic E-state index is 12.7. The second-order valence-electron chi connectivity index (χ2n) is 6.77. The predicted octanol–water partition coefficient (Wildman–Crippen LogP) is 2.09. The molecule has 1 fully saturated rings. The van der Waals surface area contributed by atoms with Crippen molar-refractivity contribution in [1.29, 1.82) is 0 Å². The van der Waals surface area contributed by atoms with Crippen LogP contribution in [0.4, 0.5) is 0 Å². The van der Waals surface area contributed by atoms with Gasteiger partial charge in [-0.25, -0.2) is 12.7 Å². The molecule has 0 N–H and O–H groups in total. The summed E-state index contributed by atoms with van der Waals surface area (Å²) in [4.78, 5) is 14.1. The van der Waals surface area contributed by atoms with E-state index in [9.17, 15) is 13.2 Å². The fourth-order valence-corrected chi connectivity index (χ4v) is 4.77. The van der Waals surface area contributed by atoms with Gasteiger partial charge in [-0.1, -0.05) is 35.5 Å². The largest absolute Gasteiger partial charge is 0.361 e. The van der Waals surface area contributed by atoms with E-state index >= 15 is 0 Å². The van der Waals surface area contributed by atoms with Crippen molar-refractivity contribution in [3.05, 3.63) is 53.4 Å². The van der Waals surface area contributed by atoms with E-state index in [0.717, 1.165) is 12.0 Å². The molecule has 0 aliphatic carbocycles. The van der Waals surface area contributed by atoms with Gasteiger partial charge in [0, 0.05) is 32.2 Å². The number of aryl methyl sites for hydroxylation is 2. The second kappa shape index (κ2) is 8.67. The first kappa shape index (κ1) is 19.6. The van der Waals surface area contributed by atoms with Crippen molar-refractivity contribution in [2.45, 2.75) is 26.2 Å². The Labute approximate surface area is 160 Å². The Bertz CT molecular complexity index is 864. The molecular formula is C19H25N3O4S. The molecule has 0 atom stereocenters. The van der Waals surface area contributed by atoms with E-state index in [1.54, 1.807) is 17.9 Å². The number of rotatable bonds is 6. The molecule has 7 nitrogen and oxygen atoms in total. The zero-order chi connectivity index (χ0) is 19.3. The Morgan fingerprint density at radius 2 is 1.93 bits per heavy atom. The minimum Gasteiger partial charge on any atom is -0.361 e. The zero-order valence-corrected chi connectivity index (χ0v) is 16.3.